The van der Waals surface area contributed by atoms with Crippen molar-refractivity contribution in [1.82, 2.24) is 4.57 Å². The fraction of sp³-hybridized carbons (Fsp3) is 0.308. The molecule has 0 atom stereocenters. The van der Waals surface area contributed by atoms with Gasteiger partial charge in [-0.15, -0.1) is 0 Å². The Labute approximate surface area is 89.5 Å². The van der Waals surface area contributed by atoms with Crippen molar-refractivity contribution in [3.8, 4) is 0 Å². The molecular formula is C13H15NO. The number of hydrogen-bond acceptors (Lipinski definition) is 1. The third-order valence-corrected chi connectivity index (χ3v) is 3.30. The minimum atomic E-state index is 0.777. The van der Waals surface area contributed by atoms with Gasteiger partial charge in [0.05, 0.1) is 11.2 Å². The number of fused-ring (bicyclic) bond motifs is 1. The van der Waals surface area contributed by atoms with Crippen molar-refractivity contribution in [2.24, 2.45) is 7.05 Å². The summed E-state index contributed by atoms with van der Waals surface area (Å²) in [5, 5.41) is 1.18. The van der Waals surface area contributed by atoms with Gasteiger partial charge in [0.25, 0.3) is 0 Å². The molecule has 0 saturated carbocycles. The van der Waals surface area contributed by atoms with E-state index in [1.165, 1.54) is 22.0 Å². The maximum absolute atomic E-state index is 11.0. The maximum Gasteiger partial charge on any atom is 0.166 e. The topological polar surface area (TPSA) is 22.0 Å². The van der Waals surface area contributed by atoms with Crippen molar-refractivity contribution in [2.75, 3.05) is 0 Å². The van der Waals surface area contributed by atoms with Crippen LogP contribution in [0.15, 0.2) is 12.1 Å². The number of nitrogens with zero attached hydrogens (tertiary/aromatic N) is 1. The van der Waals surface area contributed by atoms with E-state index in [0.717, 1.165) is 17.5 Å². The molecule has 78 valence electrons. The molecule has 0 bridgehead atoms. The number of benzene rings is 1. The molecule has 0 amide bonds. The molecule has 0 aliphatic heterocycles. The van der Waals surface area contributed by atoms with Gasteiger partial charge >= 0.3 is 0 Å². The highest BCUT2D eigenvalue weighted by Crippen LogP contribution is 2.27. The molecular weight excluding hydrogens is 186 g/mol. The summed E-state index contributed by atoms with van der Waals surface area (Å²) < 4.78 is 1.99. The summed E-state index contributed by atoms with van der Waals surface area (Å²) in [6.45, 7) is 6.20. The third-order valence-electron chi connectivity index (χ3n) is 3.30. The number of aromatic nitrogens is 1. The lowest BCUT2D eigenvalue weighted by Gasteiger charge is -2.04. The van der Waals surface area contributed by atoms with Crippen LogP contribution in [0.4, 0.5) is 0 Å². The SMILES string of the molecule is Cc1ccc2c(C)c(C=O)n(C)c2c1C. The van der Waals surface area contributed by atoms with Gasteiger partial charge in [-0.3, -0.25) is 4.79 Å². The first kappa shape index (κ1) is 9.97. The number of aldehydes is 1. The standard InChI is InChI=1S/C13H15NO/c1-8-5-6-11-10(3)12(7-15)14(4)13(11)9(8)2/h5-7H,1-4H3. The molecule has 2 heteroatoms. The highest BCUT2D eigenvalue weighted by atomic mass is 16.1. The van der Waals surface area contributed by atoms with Gasteiger partial charge in [-0.25, -0.2) is 0 Å². The fourth-order valence-electron chi connectivity index (χ4n) is 2.21. The summed E-state index contributed by atoms with van der Waals surface area (Å²) >= 11 is 0. The van der Waals surface area contributed by atoms with E-state index >= 15 is 0 Å². The van der Waals surface area contributed by atoms with Crippen LogP contribution in [-0.2, 0) is 7.05 Å². The molecule has 0 radical (unpaired) electrons. The molecule has 1 heterocycles. The van der Waals surface area contributed by atoms with Gasteiger partial charge in [-0.05, 0) is 37.5 Å². The molecule has 1 aromatic carbocycles. The Bertz CT molecular complexity index is 549. The van der Waals surface area contributed by atoms with E-state index in [1.807, 2.05) is 18.5 Å². The Morgan fingerprint density at radius 3 is 2.40 bits per heavy atom. The van der Waals surface area contributed by atoms with Gasteiger partial charge < -0.3 is 4.57 Å². The van der Waals surface area contributed by atoms with Crippen molar-refractivity contribution in [2.45, 2.75) is 20.8 Å². The lowest BCUT2D eigenvalue weighted by Crippen LogP contribution is -1.96. The maximum atomic E-state index is 11.0. The Balaban J connectivity index is 3.02. The zero-order valence-electron chi connectivity index (χ0n) is 9.59. The van der Waals surface area contributed by atoms with E-state index in [0.29, 0.717) is 0 Å². The second-order valence-corrected chi connectivity index (χ2v) is 4.09. The number of carbonyl (C=O) groups is 1. The number of aryl methyl sites for hydroxylation is 4. The van der Waals surface area contributed by atoms with Gasteiger partial charge in [0.15, 0.2) is 6.29 Å². The number of carbonyl (C=O) groups excluding carboxylic acids is 1. The minimum absolute atomic E-state index is 0.777. The Morgan fingerprint density at radius 2 is 1.80 bits per heavy atom. The van der Waals surface area contributed by atoms with Crippen LogP contribution in [0.3, 0.4) is 0 Å². The largest absolute Gasteiger partial charge is 0.341 e. The Hall–Kier alpha value is -1.57. The first-order chi connectivity index (χ1) is 7.07. The van der Waals surface area contributed by atoms with Crippen molar-refractivity contribution >= 4 is 17.2 Å². The Morgan fingerprint density at radius 1 is 1.13 bits per heavy atom. The van der Waals surface area contributed by atoms with E-state index in [4.69, 9.17) is 0 Å². The van der Waals surface area contributed by atoms with E-state index < -0.39 is 0 Å². The molecule has 2 rings (SSSR count). The van der Waals surface area contributed by atoms with Crippen LogP contribution in [-0.4, -0.2) is 10.9 Å². The highest BCUT2D eigenvalue weighted by molar-refractivity contribution is 5.95. The van der Waals surface area contributed by atoms with Gasteiger partial charge in [-0.1, -0.05) is 12.1 Å². The van der Waals surface area contributed by atoms with Crippen molar-refractivity contribution < 1.29 is 4.79 Å². The van der Waals surface area contributed by atoms with Gasteiger partial charge in [0.2, 0.25) is 0 Å². The summed E-state index contributed by atoms with van der Waals surface area (Å²) in [5.74, 6) is 0. The monoisotopic (exact) mass is 201 g/mol. The van der Waals surface area contributed by atoms with Crippen LogP contribution < -0.4 is 0 Å². The summed E-state index contributed by atoms with van der Waals surface area (Å²) in [6.07, 6.45) is 0.935. The van der Waals surface area contributed by atoms with Gasteiger partial charge in [-0.2, -0.15) is 0 Å². The molecule has 0 fully saturated rings. The molecule has 1 aromatic heterocycles. The molecule has 0 aliphatic rings. The zero-order valence-corrected chi connectivity index (χ0v) is 9.59. The van der Waals surface area contributed by atoms with E-state index in [1.54, 1.807) is 0 Å². The molecule has 0 saturated heterocycles. The summed E-state index contributed by atoms with van der Waals surface area (Å²) in [6, 6.07) is 4.21. The summed E-state index contributed by atoms with van der Waals surface area (Å²) in [4.78, 5) is 11.0. The van der Waals surface area contributed by atoms with E-state index in [2.05, 4.69) is 26.0 Å². The fourth-order valence-corrected chi connectivity index (χ4v) is 2.21. The molecule has 2 nitrogen and oxygen atoms in total. The van der Waals surface area contributed by atoms with Crippen LogP contribution in [0.1, 0.15) is 27.2 Å². The second-order valence-electron chi connectivity index (χ2n) is 4.09. The first-order valence-electron chi connectivity index (χ1n) is 5.08. The molecule has 0 unspecified atom stereocenters. The van der Waals surface area contributed by atoms with Gasteiger partial charge in [0.1, 0.15) is 0 Å². The van der Waals surface area contributed by atoms with Crippen LogP contribution in [0.25, 0.3) is 10.9 Å². The predicted octanol–water partition coefficient (Wildman–Crippen LogP) is 2.92. The van der Waals surface area contributed by atoms with Crippen LogP contribution in [0.2, 0.25) is 0 Å². The Kier molecular flexibility index (Phi) is 2.14. The number of hydrogen-bond donors (Lipinski definition) is 0. The summed E-state index contributed by atoms with van der Waals surface area (Å²) in [5.41, 5.74) is 5.55. The first-order valence-corrected chi connectivity index (χ1v) is 5.08. The van der Waals surface area contributed by atoms with E-state index in [-0.39, 0.29) is 0 Å². The average Bonchev–Trinajstić information content (AvgIpc) is 2.45. The molecule has 0 N–H and O–H groups in total. The highest BCUT2D eigenvalue weighted by Gasteiger charge is 2.13. The number of rotatable bonds is 1. The molecule has 2 aromatic rings. The van der Waals surface area contributed by atoms with Crippen molar-refractivity contribution in [3.05, 3.63) is 34.5 Å². The van der Waals surface area contributed by atoms with Crippen molar-refractivity contribution in [1.29, 1.82) is 0 Å². The van der Waals surface area contributed by atoms with Crippen LogP contribution >= 0.6 is 0 Å². The molecule has 0 aliphatic carbocycles. The lowest BCUT2D eigenvalue weighted by molar-refractivity contribution is 0.111. The van der Waals surface area contributed by atoms with Gasteiger partial charge in [0, 0.05) is 12.4 Å². The molecule has 15 heavy (non-hydrogen) atoms. The third kappa shape index (κ3) is 1.21. The van der Waals surface area contributed by atoms with E-state index in [9.17, 15) is 4.79 Å². The average molecular weight is 201 g/mol. The van der Waals surface area contributed by atoms with Crippen LogP contribution in [0.5, 0.6) is 0 Å². The predicted molar refractivity (Wildman–Crippen MR) is 62.5 cm³/mol. The zero-order chi connectivity index (χ0) is 11.2. The molecule has 0 spiro atoms. The van der Waals surface area contributed by atoms with Crippen molar-refractivity contribution in [3.63, 3.8) is 0 Å². The van der Waals surface area contributed by atoms with Crippen LogP contribution in [0, 0.1) is 20.8 Å². The normalized spacial score (nSPS) is 10.9. The quantitative estimate of drug-likeness (QED) is 0.650. The summed E-state index contributed by atoms with van der Waals surface area (Å²) in [7, 11) is 1.95. The second kappa shape index (κ2) is 3.23. The minimum Gasteiger partial charge on any atom is -0.341 e. The lowest BCUT2D eigenvalue weighted by atomic mass is 10.0. The smallest absolute Gasteiger partial charge is 0.166 e.